The molecule has 2 N–H and O–H groups in total. The molecule has 0 bridgehead atoms. The number of rotatable bonds is 4. The third kappa shape index (κ3) is 3.70. The van der Waals surface area contributed by atoms with Gasteiger partial charge in [0.15, 0.2) is 0 Å². The van der Waals surface area contributed by atoms with E-state index in [1.54, 1.807) is 0 Å². The zero-order valence-corrected chi connectivity index (χ0v) is 14.7. The van der Waals surface area contributed by atoms with Crippen molar-refractivity contribution >= 4 is 28.5 Å². The molecule has 1 atom stereocenters. The second-order valence-electron chi connectivity index (χ2n) is 6.51. The first kappa shape index (κ1) is 17.0. The predicted molar refractivity (Wildman–Crippen MR) is 92.4 cm³/mol. The number of nitrogens with one attached hydrogen (secondary N) is 2. The van der Waals surface area contributed by atoms with E-state index in [1.807, 2.05) is 34.6 Å². The highest BCUT2D eigenvalue weighted by atomic mass is 32.2. The Labute approximate surface area is 136 Å². The van der Waals surface area contributed by atoms with Crippen LogP contribution >= 0.6 is 11.8 Å². The van der Waals surface area contributed by atoms with Crippen molar-refractivity contribution in [2.45, 2.75) is 52.6 Å². The van der Waals surface area contributed by atoms with Crippen molar-refractivity contribution in [1.82, 2.24) is 5.32 Å². The van der Waals surface area contributed by atoms with Gasteiger partial charge in [-0.15, -0.1) is 0 Å². The maximum atomic E-state index is 12.6. The van der Waals surface area contributed by atoms with Gasteiger partial charge in [0.05, 0.1) is 11.6 Å². The molecule has 1 aromatic rings. The topological polar surface area (TPSA) is 58.2 Å². The average Bonchev–Trinajstić information content (AvgIpc) is 2.78. The number of aryl methyl sites for hydroxylation is 3. The molecule has 0 spiro atoms. The predicted octanol–water partition coefficient (Wildman–Crippen LogP) is 2.95. The number of carbonyl (C=O) groups is 2. The first-order valence-corrected chi connectivity index (χ1v) is 8.53. The maximum Gasteiger partial charge on any atom is 0.244 e. The normalized spacial score (nSPS) is 18.6. The smallest absolute Gasteiger partial charge is 0.244 e. The van der Waals surface area contributed by atoms with Crippen LogP contribution in [0, 0.1) is 20.8 Å². The van der Waals surface area contributed by atoms with Crippen LogP contribution in [0.15, 0.2) is 12.1 Å². The molecule has 22 heavy (non-hydrogen) atoms. The molecule has 1 saturated heterocycles. The van der Waals surface area contributed by atoms with Gasteiger partial charge in [0.1, 0.15) is 0 Å². The van der Waals surface area contributed by atoms with Crippen LogP contribution in [0.5, 0.6) is 0 Å². The maximum absolute atomic E-state index is 12.6. The van der Waals surface area contributed by atoms with Crippen LogP contribution in [-0.2, 0) is 9.59 Å². The summed E-state index contributed by atoms with van der Waals surface area (Å²) in [6.45, 7) is 9.66. The van der Waals surface area contributed by atoms with Crippen LogP contribution in [0.2, 0.25) is 0 Å². The Kier molecular flexibility index (Phi) is 4.97. The fourth-order valence-corrected chi connectivity index (χ4v) is 3.71. The third-order valence-electron chi connectivity index (χ3n) is 3.95. The molecule has 5 heteroatoms. The van der Waals surface area contributed by atoms with Gasteiger partial charge >= 0.3 is 0 Å². The van der Waals surface area contributed by atoms with E-state index < -0.39 is 5.54 Å². The molecule has 1 heterocycles. The lowest BCUT2D eigenvalue weighted by molar-refractivity contribution is -0.122. The van der Waals surface area contributed by atoms with Crippen molar-refractivity contribution in [2.75, 3.05) is 11.1 Å². The Hall–Kier alpha value is -1.33. The summed E-state index contributed by atoms with van der Waals surface area (Å²) in [6, 6.07) is 3.88. The Bertz CT molecular complexity index is 588. The first-order valence-electron chi connectivity index (χ1n) is 7.54. The van der Waals surface area contributed by atoms with Gasteiger partial charge in [-0.1, -0.05) is 29.5 Å². The van der Waals surface area contributed by atoms with Crippen molar-refractivity contribution in [3.8, 4) is 0 Å². The number of hydrogen-bond donors (Lipinski definition) is 2. The Morgan fingerprint density at radius 3 is 2.32 bits per heavy atom. The van der Waals surface area contributed by atoms with Gasteiger partial charge in [0.25, 0.3) is 0 Å². The highest BCUT2D eigenvalue weighted by molar-refractivity contribution is 8.14. The summed E-state index contributed by atoms with van der Waals surface area (Å²) >= 11 is 1.34. The second-order valence-corrected chi connectivity index (χ2v) is 7.61. The van der Waals surface area contributed by atoms with Crippen molar-refractivity contribution in [3.05, 3.63) is 28.8 Å². The van der Waals surface area contributed by atoms with Gasteiger partial charge in [0, 0.05) is 11.4 Å². The Morgan fingerprint density at radius 1 is 1.23 bits per heavy atom. The van der Waals surface area contributed by atoms with E-state index in [-0.39, 0.29) is 17.1 Å². The summed E-state index contributed by atoms with van der Waals surface area (Å²) in [4.78, 5) is 24.4. The molecular formula is C17H24N2O2S. The van der Waals surface area contributed by atoms with E-state index in [4.69, 9.17) is 0 Å². The minimum atomic E-state index is -0.797. The van der Waals surface area contributed by atoms with Crippen LogP contribution in [0.4, 0.5) is 5.69 Å². The van der Waals surface area contributed by atoms with Crippen molar-refractivity contribution in [1.29, 1.82) is 0 Å². The molecule has 1 amide bonds. The van der Waals surface area contributed by atoms with Gasteiger partial charge < -0.3 is 5.32 Å². The Balaban J connectivity index is 2.12. The molecule has 4 nitrogen and oxygen atoms in total. The second kappa shape index (κ2) is 6.42. The van der Waals surface area contributed by atoms with E-state index in [2.05, 4.69) is 22.8 Å². The summed E-state index contributed by atoms with van der Waals surface area (Å²) in [6.07, 6.45) is 0.781. The fraction of sp³-hybridized carbons (Fsp3) is 0.529. The molecule has 0 radical (unpaired) electrons. The van der Waals surface area contributed by atoms with Gasteiger partial charge in [-0.25, -0.2) is 0 Å². The summed E-state index contributed by atoms with van der Waals surface area (Å²) in [7, 11) is 0. The van der Waals surface area contributed by atoms with E-state index in [9.17, 15) is 9.59 Å². The van der Waals surface area contributed by atoms with Crippen molar-refractivity contribution in [2.24, 2.45) is 0 Å². The summed E-state index contributed by atoms with van der Waals surface area (Å²) < 4.78 is 0. The molecule has 1 aromatic carbocycles. The third-order valence-corrected chi connectivity index (χ3v) is 4.96. The molecule has 120 valence electrons. The van der Waals surface area contributed by atoms with Crippen LogP contribution in [-0.4, -0.2) is 28.4 Å². The molecule has 0 aromatic heterocycles. The van der Waals surface area contributed by atoms with E-state index >= 15 is 0 Å². The molecule has 1 aliphatic heterocycles. The largest absolute Gasteiger partial charge is 0.324 e. The minimum absolute atomic E-state index is 0.118. The molecule has 0 aliphatic carbocycles. The molecule has 1 fully saturated rings. The van der Waals surface area contributed by atoms with Crippen LogP contribution in [0.1, 0.15) is 37.0 Å². The monoisotopic (exact) mass is 320 g/mol. The van der Waals surface area contributed by atoms with Crippen LogP contribution in [0.25, 0.3) is 0 Å². The molecule has 1 aliphatic rings. The van der Waals surface area contributed by atoms with Gasteiger partial charge in [-0.05, 0) is 52.2 Å². The quantitative estimate of drug-likeness (QED) is 0.895. The first-order chi connectivity index (χ1) is 10.2. The van der Waals surface area contributed by atoms with Gasteiger partial charge in [0.2, 0.25) is 11.0 Å². The summed E-state index contributed by atoms with van der Waals surface area (Å²) in [5, 5.41) is 6.34. The number of carbonyl (C=O) groups excluding carboxylic acids is 2. The number of benzene rings is 1. The van der Waals surface area contributed by atoms with E-state index in [0.29, 0.717) is 0 Å². The molecule has 0 saturated carbocycles. The fourth-order valence-electron chi connectivity index (χ4n) is 2.78. The van der Waals surface area contributed by atoms with Crippen molar-refractivity contribution < 1.29 is 9.59 Å². The average molecular weight is 320 g/mol. The zero-order valence-electron chi connectivity index (χ0n) is 13.9. The number of thioether (sulfide) groups is 1. The SMILES string of the molecule is Cc1cc(C)c(NC(=O)C(C)(C)NC2CCSC2=O)c(C)c1. The summed E-state index contributed by atoms with van der Waals surface area (Å²) in [5.41, 5.74) is 3.34. The zero-order chi connectivity index (χ0) is 16.5. The number of anilines is 1. The van der Waals surface area contributed by atoms with Crippen LogP contribution in [0.3, 0.4) is 0 Å². The Morgan fingerprint density at radius 2 is 1.82 bits per heavy atom. The standard InChI is InChI=1S/C17H24N2O2S/c1-10-8-11(2)14(12(3)9-10)18-16(21)17(4,5)19-13-6-7-22-15(13)20/h8-9,13,19H,6-7H2,1-5H3,(H,18,21). The highest BCUT2D eigenvalue weighted by Crippen LogP contribution is 2.25. The minimum Gasteiger partial charge on any atom is -0.324 e. The lowest BCUT2D eigenvalue weighted by Crippen LogP contribution is -2.55. The number of hydrogen-bond acceptors (Lipinski definition) is 4. The van der Waals surface area contributed by atoms with E-state index in [1.165, 1.54) is 17.3 Å². The van der Waals surface area contributed by atoms with Crippen LogP contribution < -0.4 is 10.6 Å². The lowest BCUT2D eigenvalue weighted by Gasteiger charge is -2.28. The lowest BCUT2D eigenvalue weighted by atomic mass is 10.00. The van der Waals surface area contributed by atoms with Gasteiger partial charge in [-0.3, -0.25) is 14.9 Å². The summed E-state index contributed by atoms with van der Waals surface area (Å²) in [5.74, 6) is 0.706. The molecule has 1 unspecified atom stereocenters. The van der Waals surface area contributed by atoms with E-state index in [0.717, 1.165) is 29.0 Å². The molecular weight excluding hydrogens is 296 g/mol. The van der Waals surface area contributed by atoms with Crippen molar-refractivity contribution in [3.63, 3.8) is 0 Å². The number of amides is 1. The highest BCUT2D eigenvalue weighted by Gasteiger charge is 2.35. The molecule has 2 rings (SSSR count). The van der Waals surface area contributed by atoms with Gasteiger partial charge in [-0.2, -0.15) is 0 Å².